The third kappa shape index (κ3) is 10.2. The van der Waals surface area contributed by atoms with E-state index < -0.39 is 0 Å². The second-order valence-electron chi connectivity index (χ2n) is 6.68. The number of ketones is 1. The van der Waals surface area contributed by atoms with Crippen LogP contribution in [0.3, 0.4) is 0 Å². The van der Waals surface area contributed by atoms with E-state index in [0.717, 1.165) is 30.5 Å². The highest BCUT2D eigenvalue weighted by Crippen LogP contribution is 2.01. The predicted molar refractivity (Wildman–Crippen MR) is 107 cm³/mol. The molecule has 8 nitrogen and oxygen atoms in total. The summed E-state index contributed by atoms with van der Waals surface area (Å²) in [5.41, 5.74) is 2.15. The molecule has 0 aromatic carbocycles. The van der Waals surface area contributed by atoms with Crippen LogP contribution in [0.5, 0.6) is 0 Å². The molecular formula is C20H29N5O3. The fraction of sp³-hybridized carbons (Fsp3) is 0.450. The maximum atomic E-state index is 11.7. The van der Waals surface area contributed by atoms with Gasteiger partial charge in [-0.15, -0.1) is 5.10 Å². The Labute approximate surface area is 165 Å². The first kappa shape index (κ1) is 23.0. The summed E-state index contributed by atoms with van der Waals surface area (Å²) >= 11 is 0. The lowest BCUT2D eigenvalue weighted by Gasteiger charge is -2.04. The summed E-state index contributed by atoms with van der Waals surface area (Å²) in [6, 6.07) is 0. The fourth-order valence-corrected chi connectivity index (χ4v) is 2.11. The molecule has 1 rings (SSSR count). The highest BCUT2D eigenvalue weighted by atomic mass is 16.2. The number of carbonyl (C=O) groups is 3. The van der Waals surface area contributed by atoms with Crippen LogP contribution >= 0.6 is 0 Å². The largest absolute Gasteiger partial charge is 0.353 e. The number of aromatic nitrogens is 3. The second-order valence-corrected chi connectivity index (χ2v) is 6.68. The van der Waals surface area contributed by atoms with Crippen LogP contribution in [-0.2, 0) is 27.3 Å². The van der Waals surface area contributed by atoms with Gasteiger partial charge in [-0.25, -0.2) is 0 Å². The monoisotopic (exact) mass is 387 g/mol. The van der Waals surface area contributed by atoms with Crippen molar-refractivity contribution in [1.82, 2.24) is 25.6 Å². The Morgan fingerprint density at radius 2 is 1.89 bits per heavy atom. The van der Waals surface area contributed by atoms with Gasteiger partial charge in [0.05, 0.1) is 12.2 Å². The molecule has 152 valence electrons. The average Bonchev–Trinajstić information content (AvgIpc) is 3.10. The maximum absolute atomic E-state index is 11.7. The molecular weight excluding hydrogens is 358 g/mol. The lowest BCUT2D eigenvalue weighted by Crippen LogP contribution is -2.25. The third-order valence-electron chi connectivity index (χ3n) is 3.71. The Morgan fingerprint density at radius 1 is 1.14 bits per heavy atom. The predicted octanol–water partition coefficient (Wildman–Crippen LogP) is 1.50. The number of carbonyl (C=O) groups excluding carboxylic acids is 3. The lowest BCUT2D eigenvalue weighted by atomic mass is 10.2. The minimum Gasteiger partial charge on any atom is -0.353 e. The lowest BCUT2D eigenvalue weighted by molar-refractivity contribution is -0.121. The van der Waals surface area contributed by atoms with Gasteiger partial charge in [0.15, 0.2) is 5.78 Å². The standard InChI is InChI=1S/C20H29N5O3/c1-15(2)13-22-20(28)10-12-25-14-17(23-24-25)7-5-6-11-21-19(27)9-8-18(26)16(3)4/h8-9,14H,1,3,5-7,10-13H2,2,4H3,(H,21,27)(H,22,28)/b9-8+. The highest BCUT2D eigenvalue weighted by molar-refractivity contribution is 6.06. The molecule has 0 aliphatic carbocycles. The number of amides is 2. The average molecular weight is 387 g/mol. The Balaban J connectivity index is 2.19. The number of nitrogens with one attached hydrogen (secondary N) is 2. The molecule has 0 unspecified atom stereocenters. The van der Waals surface area contributed by atoms with E-state index in [-0.39, 0.29) is 17.6 Å². The number of unbranched alkanes of at least 4 members (excludes halogenated alkanes) is 1. The van der Waals surface area contributed by atoms with Gasteiger partial charge in [0.2, 0.25) is 11.8 Å². The quantitative estimate of drug-likeness (QED) is 0.303. The highest BCUT2D eigenvalue weighted by Gasteiger charge is 2.05. The van der Waals surface area contributed by atoms with E-state index in [9.17, 15) is 14.4 Å². The minimum atomic E-state index is -0.300. The first-order valence-corrected chi connectivity index (χ1v) is 9.23. The van der Waals surface area contributed by atoms with Crippen molar-refractivity contribution >= 4 is 17.6 Å². The molecule has 0 radical (unpaired) electrons. The SMILES string of the molecule is C=C(C)CNC(=O)CCn1cc(CCCCNC(=O)/C=C/C(=O)C(=C)C)nn1. The molecule has 1 aromatic rings. The summed E-state index contributed by atoms with van der Waals surface area (Å²) in [5.74, 6) is -0.605. The van der Waals surface area contributed by atoms with E-state index in [1.807, 2.05) is 13.1 Å². The van der Waals surface area contributed by atoms with Crippen LogP contribution in [0.4, 0.5) is 0 Å². The van der Waals surface area contributed by atoms with E-state index in [1.165, 1.54) is 12.2 Å². The molecule has 2 amide bonds. The minimum absolute atomic E-state index is 0.0465. The van der Waals surface area contributed by atoms with Crippen molar-refractivity contribution in [3.05, 3.63) is 48.3 Å². The zero-order valence-electron chi connectivity index (χ0n) is 16.7. The summed E-state index contributed by atoms with van der Waals surface area (Å²) in [6.07, 6.45) is 6.96. The van der Waals surface area contributed by atoms with Gasteiger partial charge >= 0.3 is 0 Å². The van der Waals surface area contributed by atoms with Crippen molar-refractivity contribution in [2.45, 2.75) is 46.1 Å². The molecule has 1 heterocycles. The Hall–Kier alpha value is -3.03. The molecule has 0 bridgehead atoms. The number of allylic oxidation sites excluding steroid dienone is 2. The van der Waals surface area contributed by atoms with Gasteiger partial charge in [0, 0.05) is 31.8 Å². The molecule has 1 aromatic heterocycles. The van der Waals surface area contributed by atoms with E-state index >= 15 is 0 Å². The third-order valence-corrected chi connectivity index (χ3v) is 3.71. The number of rotatable bonds is 13. The molecule has 0 spiro atoms. The van der Waals surface area contributed by atoms with Crippen LogP contribution in [-0.4, -0.2) is 45.7 Å². The van der Waals surface area contributed by atoms with Crippen molar-refractivity contribution in [2.75, 3.05) is 13.1 Å². The van der Waals surface area contributed by atoms with Crippen LogP contribution in [0.2, 0.25) is 0 Å². The van der Waals surface area contributed by atoms with E-state index in [2.05, 4.69) is 34.1 Å². The smallest absolute Gasteiger partial charge is 0.244 e. The summed E-state index contributed by atoms with van der Waals surface area (Å²) in [7, 11) is 0. The van der Waals surface area contributed by atoms with E-state index in [4.69, 9.17) is 0 Å². The zero-order valence-corrected chi connectivity index (χ0v) is 16.7. The number of hydrogen-bond donors (Lipinski definition) is 2. The summed E-state index contributed by atoms with van der Waals surface area (Å²) in [5, 5.41) is 13.6. The van der Waals surface area contributed by atoms with Crippen molar-refractivity contribution in [1.29, 1.82) is 0 Å². The van der Waals surface area contributed by atoms with Crippen LogP contribution in [0, 0.1) is 0 Å². The van der Waals surface area contributed by atoms with Crippen molar-refractivity contribution in [2.24, 2.45) is 0 Å². The molecule has 0 atom stereocenters. The Bertz CT molecular complexity index is 749. The Kier molecular flexibility index (Phi) is 10.2. The van der Waals surface area contributed by atoms with Crippen LogP contribution < -0.4 is 10.6 Å². The molecule has 0 aliphatic heterocycles. The van der Waals surface area contributed by atoms with E-state index in [0.29, 0.717) is 31.6 Å². The molecule has 0 fully saturated rings. The Morgan fingerprint density at radius 3 is 2.57 bits per heavy atom. The van der Waals surface area contributed by atoms with Crippen LogP contribution in [0.25, 0.3) is 0 Å². The van der Waals surface area contributed by atoms with Crippen LogP contribution in [0.1, 0.15) is 38.8 Å². The number of hydrogen-bond acceptors (Lipinski definition) is 5. The van der Waals surface area contributed by atoms with Crippen LogP contribution in [0.15, 0.2) is 42.7 Å². The van der Waals surface area contributed by atoms with Crippen molar-refractivity contribution in [3.63, 3.8) is 0 Å². The zero-order chi connectivity index (χ0) is 20.9. The van der Waals surface area contributed by atoms with Crippen molar-refractivity contribution < 1.29 is 14.4 Å². The summed E-state index contributed by atoms with van der Waals surface area (Å²) < 4.78 is 1.65. The number of nitrogens with zero attached hydrogens (tertiary/aromatic N) is 3. The van der Waals surface area contributed by atoms with Gasteiger partial charge in [-0.3, -0.25) is 19.1 Å². The summed E-state index contributed by atoms with van der Waals surface area (Å²) in [6.45, 7) is 12.2. The van der Waals surface area contributed by atoms with Gasteiger partial charge < -0.3 is 10.6 Å². The maximum Gasteiger partial charge on any atom is 0.244 e. The van der Waals surface area contributed by atoms with Gasteiger partial charge in [-0.2, -0.15) is 0 Å². The van der Waals surface area contributed by atoms with E-state index in [1.54, 1.807) is 11.6 Å². The molecule has 0 saturated heterocycles. The molecule has 0 aliphatic rings. The molecule has 8 heteroatoms. The summed E-state index contributed by atoms with van der Waals surface area (Å²) in [4.78, 5) is 34.6. The van der Waals surface area contributed by atoms with Gasteiger partial charge in [0.1, 0.15) is 0 Å². The molecule has 0 saturated carbocycles. The molecule has 28 heavy (non-hydrogen) atoms. The number of aryl methyl sites for hydroxylation is 2. The first-order valence-electron chi connectivity index (χ1n) is 9.23. The second kappa shape index (κ2) is 12.4. The van der Waals surface area contributed by atoms with Crippen molar-refractivity contribution in [3.8, 4) is 0 Å². The van der Waals surface area contributed by atoms with Gasteiger partial charge in [-0.05, 0) is 44.8 Å². The van der Waals surface area contributed by atoms with Gasteiger partial charge in [0.25, 0.3) is 0 Å². The fourth-order valence-electron chi connectivity index (χ4n) is 2.11. The first-order chi connectivity index (χ1) is 13.3. The van der Waals surface area contributed by atoms with Gasteiger partial charge in [-0.1, -0.05) is 23.9 Å². The topological polar surface area (TPSA) is 106 Å². The normalized spacial score (nSPS) is 10.6. The molecule has 2 N–H and O–H groups in total.